The molecular weight excluding hydrogens is 316 g/mol. The summed E-state index contributed by atoms with van der Waals surface area (Å²) in [5.74, 6) is 2.92. The van der Waals surface area contributed by atoms with Gasteiger partial charge in [-0.25, -0.2) is 0 Å². The van der Waals surface area contributed by atoms with Crippen LogP contribution in [0.25, 0.3) is 0 Å². The zero-order valence-corrected chi connectivity index (χ0v) is 16.6. The fourth-order valence-electron chi connectivity index (χ4n) is 2.78. The Kier molecular flexibility index (Phi) is 6.76. The van der Waals surface area contributed by atoms with Crippen molar-refractivity contribution < 1.29 is 4.79 Å². The lowest BCUT2D eigenvalue weighted by Crippen LogP contribution is -2.32. The van der Waals surface area contributed by atoms with E-state index >= 15 is 0 Å². The second kappa shape index (κ2) is 8.39. The van der Waals surface area contributed by atoms with Gasteiger partial charge in [-0.1, -0.05) is 39.8 Å². The minimum absolute atomic E-state index is 0.118. The van der Waals surface area contributed by atoms with Gasteiger partial charge in [-0.05, 0) is 35.4 Å². The lowest BCUT2D eigenvalue weighted by atomic mass is 9.80. The Morgan fingerprint density at radius 1 is 1.29 bits per heavy atom. The molecule has 3 nitrogen and oxygen atoms in total. The molecule has 2 rings (SSSR count). The largest absolute Gasteiger partial charge is 0.326 e. The lowest BCUT2D eigenvalue weighted by molar-refractivity contribution is -0.117. The first-order valence-corrected chi connectivity index (χ1v) is 10.1. The first kappa shape index (κ1) is 19.3. The monoisotopic (exact) mass is 348 g/mol. The molecule has 0 spiro atoms. The highest BCUT2D eigenvalue weighted by Crippen LogP contribution is 2.29. The van der Waals surface area contributed by atoms with Crippen molar-refractivity contribution in [3.05, 3.63) is 29.3 Å². The zero-order valence-electron chi connectivity index (χ0n) is 15.8. The van der Waals surface area contributed by atoms with Gasteiger partial charge in [0.05, 0.1) is 0 Å². The highest BCUT2D eigenvalue weighted by molar-refractivity contribution is 7.99. The molecule has 0 aliphatic carbocycles. The van der Waals surface area contributed by atoms with Gasteiger partial charge in [-0.3, -0.25) is 9.69 Å². The van der Waals surface area contributed by atoms with Crippen molar-refractivity contribution in [1.29, 1.82) is 0 Å². The van der Waals surface area contributed by atoms with E-state index in [0.717, 1.165) is 25.3 Å². The van der Waals surface area contributed by atoms with Gasteiger partial charge in [0.2, 0.25) is 5.91 Å². The third kappa shape index (κ3) is 5.52. The van der Waals surface area contributed by atoms with Crippen LogP contribution in [0.4, 0.5) is 5.69 Å². The van der Waals surface area contributed by atoms with Crippen molar-refractivity contribution in [3.63, 3.8) is 0 Å². The van der Waals surface area contributed by atoms with Crippen molar-refractivity contribution in [3.8, 4) is 0 Å². The summed E-state index contributed by atoms with van der Waals surface area (Å²) in [6.45, 7) is 14.1. The third-order valence-corrected chi connectivity index (χ3v) is 6.13. The number of hydrogen-bond donors (Lipinski definition) is 1. The van der Waals surface area contributed by atoms with E-state index in [0.29, 0.717) is 12.3 Å². The van der Waals surface area contributed by atoms with Gasteiger partial charge < -0.3 is 5.32 Å². The number of hydrogen-bond acceptors (Lipinski definition) is 3. The summed E-state index contributed by atoms with van der Waals surface area (Å²) in [4.78, 5) is 14.9. The average Bonchev–Trinajstić information content (AvgIpc) is 2.51. The first-order chi connectivity index (χ1) is 11.3. The Bertz CT molecular complexity index is 559. The second-order valence-corrected chi connectivity index (χ2v) is 9.22. The molecule has 1 heterocycles. The number of nitrogens with one attached hydrogen (secondary N) is 1. The van der Waals surface area contributed by atoms with Gasteiger partial charge in [-0.15, -0.1) is 0 Å². The lowest BCUT2D eigenvalue weighted by Gasteiger charge is -2.28. The molecule has 1 aromatic rings. The van der Waals surface area contributed by atoms with Crippen molar-refractivity contribution in [1.82, 2.24) is 4.90 Å². The van der Waals surface area contributed by atoms with E-state index in [1.54, 1.807) is 0 Å². The molecule has 134 valence electrons. The summed E-state index contributed by atoms with van der Waals surface area (Å²) >= 11 is 2.03. The number of thioether (sulfide) groups is 1. The predicted molar refractivity (Wildman–Crippen MR) is 106 cm³/mol. The Labute approximate surface area is 151 Å². The van der Waals surface area contributed by atoms with Crippen LogP contribution in [0.2, 0.25) is 0 Å². The molecule has 1 N–H and O–H groups in total. The topological polar surface area (TPSA) is 32.3 Å². The molecule has 1 unspecified atom stereocenters. The van der Waals surface area contributed by atoms with Crippen LogP contribution in [0, 0.1) is 18.3 Å². The molecular formula is C20H32N2OS. The SMILES string of the molecule is Cc1c(CN2CCSCC2)cccc1NC(=O)CC(C)C(C)(C)C. The number of anilines is 1. The molecule has 1 atom stereocenters. The summed E-state index contributed by atoms with van der Waals surface area (Å²) in [5.41, 5.74) is 3.64. The minimum Gasteiger partial charge on any atom is -0.326 e. The van der Waals surface area contributed by atoms with E-state index in [2.05, 4.69) is 57.0 Å². The van der Waals surface area contributed by atoms with Crippen molar-refractivity contribution in [2.45, 2.75) is 47.6 Å². The Morgan fingerprint density at radius 3 is 2.58 bits per heavy atom. The molecule has 0 saturated carbocycles. The van der Waals surface area contributed by atoms with Crippen LogP contribution in [-0.2, 0) is 11.3 Å². The normalized spacial score (nSPS) is 17.5. The number of amides is 1. The van der Waals surface area contributed by atoms with Crippen molar-refractivity contribution in [2.24, 2.45) is 11.3 Å². The number of carbonyl (C=O) groups is 1. The van der Waals surface area contributed by atoms with Crippen LogP contribution in [-0.4, -0.2) is 35.4 Å². The molecule has 1 aliphatic rings. The van der Waals surface area contributed by atoms with Gasteiger partial charge in [0, 0.05) is 43.2 Å². The van der Waals surface area contributed by atoms with E-state index in [9.17, 15) is 4.79 Å². The van der Waals surface area contributed by atoms with Gasteiger partial charge >= 0.3 is 0 Å². The maximum Gasteiger partial charge on any atom is 0.224 e. The van der Waals surface area contributed by atoms with Gasteiger partial charge in [0.15, 0.2) is 0 Å². The van der Waals surface area contributed by atoms with Crippen molar-refractivity contribution >= 4 is 23.4 Å². The second-order valence-electron chi connectivity index (χ2n) is 8.00. The van der Waals surface area contributed by atoms with Crippen LogP contribution in [0.15, 0.2) is 18.2 Å². The smallest absolute Gasteiger partial charge is 0.224 e. The van der Waals surface area contributed by atoms with E-state index in [1.807, 2.05) is 17.8 Å². The molecule has 4 heteroatoms. The molecule has 1 fully saturated rings. The first-order valence-electron chi connectivity index (χ1n) is 8.96. The molecule has 1 aliphatic heterocycles. The van der Waals surface area contributed by atoms with Gasteiger partial charge in [-0.2, -0.15) is 11.8 Å². The van der Waals surface area contributed by atoms with E-state index in [1.165, 1.54) is 22.6 Å². The number of nitrogens with zero attached hydrogens (tertiary/aromatic N) is 1. The molecule has 0 aromatic heterocycles. The highest BCUT2D eigenvalue weighted by Gasteiger charge is 2.23. The van der Waals surface area contributed by atoms with E-state index in [4.69, 9.17) is 0 Å². The van der Waals surface area contributed by atoms with Crippen LogP contribution in [0.3, 0.4) is 0 Å². The standard InChI is InChI=1S/C20H32N2OS/c1-15(20(3,4)5)13-19(23)21-18-8-6-7-17(16(18)2)14-22-9-11-24-12-10-22/h6-8,15H,9-14H2,1-5H3,(H,21,23). The molecule has 1 saturated heterocycles. The Hall–Kier alpha value is -1.00. The fourth-order valence-corrected chi connectivity index (χ4v) is 3.75. The minimum atomic E-state index is 0.118. The van der Waals surface area contributed by atoms with Crippen LogP contribution >= 0.6 is 11.8 Å². The Morgan fingerprint density at radius 2 is 1.96 bits per heavy atom. The summed E-state index contributed by atoms with van der Waals surface area (Å²) < 4.78 is 0. The molecule has 1 amide bonds. The molecule has 1 aromatic carbocycles. The highest BCUT2D eigenvalue weighted by atomic mass is 32.2. The summed E-state index contributed by atoms with van der Waals surface area (Å²) in [5, 5.41) is 3.13. The fraction of sp³-hybridized carbons (Fsp3) is 0.650. The number of benzene rings is 1. The predicted octanol–water partition coefficient (Wildman–Crippen LogP) is 4.55. The molecule has 0 bridgehead atoms. The van der Waals surface area contributed by atoms with E-state index in [-0.39, 0.29) is 11.3 Å². The van der Waals surface area contributed by atoms with Gasteiger partial charge in [0.1, 0.15) is 0 Å². The van der Waals surface area contributed by atoms with E-state index < -0.39 is 0 Å². The van der Waals surface area contributed by atoms with Crippen molar-refractivity contribution in [2.75, 3.05) is 29.9 Å². The maximum absolute atomic E-state index is 12.4. The maximum atomic E-state index is 12.4. The van der Waals surface area contributed by atoms with Gasteiger partial charge in [0.25, 0.3) is 0 Å². The average molecular weight is 349 g/mol. The summed E-state index contributed by atoms with van der Waals surface area (Å²) in [6.07, 6.45) is 0.566. The quantitative estimate of drug-likeness (QED) is 0.847. The van der Waals surface area contributed by atoms with Crippen LogP contribution in [0.5, 0.6) is 0 Å². The Balaban J connectivity index is 2.00. The number of carbonyl (C=O) groups excluding carboxylic acids is 1. The summed E-state index contributed by atoms with van der Waals surface area (Å²) in [6, 6.07) is 6.26. The van der Waals surface area contributed by atoms with Crippen LogP contribution < -0.4 is 5.32 Å². The third-order valence-electron chi connectivity index (χ3n) is 5.19. The molecule has 24 heavy (non-hydrogen) atoms. The zero-order chi connectivity index (χ0) is 17.7. The summed E-state index contributed by atoms with van der Waals surface area (Å²) in [7, 11) is 0. The molecule has 0 radical (unpaired) electrons. The van der Waals surface area contributed by atoms with Crippen LogP contribution in [0.1, 0.15) is 45.2 Å². The number of rotatable bonds is 5.